The number of fused-ring (bicyclic) bond motifs is 1. The Labute approximate surface area is 245 Å². The number of halogens is 6. The number of aromatic nitrogens is 1. The average molecular weight is 625 g/mol. The highest BCUT2D eigenvalue weighted by molar-refractivity contribution is 7.17. The number of amides is 1. The van der Waals surface area contributed by atoms with Crippen molar-refractivity contribution < 1.29 is 36.2 Å². The molecule has 2 aromatic carbocycles. The molecule has 5 rings (SSSR count). The fraction of sp³-hybridized carbons (Fsp3) is 0.357. The van der Waals surface area contributed by atoms with Crippen LogP contribution in [0.4, 0.5) is 31.5 Å². The number of nitrogens with zero attached hydrogens (tertiary/aromatic N) is 5. The van der Waals surface area contributed by atoms with E-state index >= 15 is 0 Å². The minimum Gasteiger partial charge on any atom is -0.492 e. The number of hydrogen-bond acceptors (Lipinski definition) is 8. The highest BCUT2D eigenvalue weighted by Crippen LogP contribution is 2.41. The summed E-state index contributed by atoms with van der Waals surface area (Å²) < 4.78 is 82.1. The van der Waals surface area contributed by atoms with Gasteiger partial charge in [0.1, 0.15) is 0 Å². The molecule has 2 aliphatic heterocycles. The van der Waals surface area contributed by atoms with Gasteiger partial charge in [-0.1, -0.05) is 23.5 Å². The van der Waals surface area contributed by atoms with Gasteiger partial charge in [-0.25, -0.2) is 0 Å². The Balaban J connectivity index is 1.56. The summed E-state index contributed by atoms with van der Waals surface area (Å²) in [6.07, 6.45) is -7.61. The molecule has 3 aromatic rings. The number of rotatable bonds is 7. The van der Waals surface area contributed by atoms with E-state index in [9.17, 15) is 36.2 Å². The molecule has 0 spiro atoms. The van der Waals surface area contributed by atoms with Crippen LogP contribution in [-0.4, -0.2) is 59.8 Å². The zero-order valence-electron chi connectivity index (χ0n) is 22.7. The van der Waals surface area contributed by atoms with Crippen LogP contribution in [0.1, 0.15) is 40.0 Å². The number of carbonyl (C=O) groups is 1. The maximum atomic E-state index is 14.0. The number of nitrogens with two attached hydrogens (primary N) is 1. The van der Waals surface area contributed by atoms with E-state index < -0.39 is 41.7 Å². The molecule has 228 valence electrons. The van der Waals surface area contributed by atoms with Gasteiger partial charge in [-0.15, -0.1) is 0 Å². The Hall–Kier alpha value is -3.98. The van der Waals surface area contributed by atoms with Gasteiger partial charge in [0.2, 0.25) is 11.8 Å². The molecule has 1 saturated heterocycles. The molecular formula is C28H26F6N6O2S. The maximum absolute atomic E-state index is 14.0. The summed E-state index contributed by atoms with van der Waals surface area (Å²) in [5.41, 5.74) is 2.93. The summed E-state index contributed by atoms with van der Waals surface area (Å²) in [4.78, 5) is 19.6. The van der Waals surface area contributed by atoms with Gasteiger partial charge in [0.25, 0.3) is 0 Å². The molecule has 43 heavy (non-hydrogen) atoms. The number of likely N-dealkylation sites (tertiary alicyclic amines) is 1. The SMILES string of the molecule is CN(c1nc(O)c(C(Cc2ccc(C(F)(F)F)cc2C(F)(F)F)=c2ccc3c(c2)C=NN=3)s1)C1CCN(CC(N)=O)CC1. The quantitative estimate of drug-likeness (QED) is 0.390. The summed E-state index contributed by atoms with van der Waals surface area (Å²) in [7, 11) is 1.79. The number of anilines is 1. The second kappa shape index (κ2) is 11.6. The van der Waals surface area contributed by atoms with Gasteiger partial charge in [0.05, 0.1) is 34.1 Å². The van der Waals surface area contributed by atoms with Crippen molar-refractivity contribution in [2.45, 2.75) is 37.7 Å². The van der Waals surface area contributed by atoms with E-state index in [-0.39, 0.29) is 34.7 Å². The number of benzene rings is 2. The number of alkyl halides is 6. The zero-order chi connectivity index (χ0) is 31.1. The molecule has 8 nitrogen and oxygen atoms in total. The number of hydrogen-bond donors (Lipinski definition) is 2. The molecule has 0 aliphatic carbocycles. The first-order valence-electron chi connectivity index (χ1n) is 13.2. The van der Waals surface area contributed by atoms with E-state index in [4.69, 9.17) is 5.73 Å². The fourth-order valence-electron chi connectivity index (χ4n) is 5.25. The first-order chi connectivity index (χ1) is 20.2. The maximum Gasteiger partial charge on any atom is 0.416 e. The number of thiazole rings is 1. The predicted octanol–water partition coefficient (Wildman–Crippen LogP) is 3.68. The Bertz CT molecular complexity index is 1690. The van der Waals surface area contributed by atoms with Crippen LogP contribution in [-0.2, 0) is 23.6 Å². The number of primary amides is 1. The molecule has 3 N–H and O–H groups in total. The van der Waals surface area contributed by atoms with E-state index in [2.05, 4.69) is 15.2 Å². The second-order valence-corrected chi connectivity index (χ2v) is 11.4. The van der Waals surface area contributed by atoms with E-state index in [1.54, 1.807) is 25.2 Å². The van der Waals surface area contributed by atoms with Gasteiger partial charge >= 0.3 is 12.4 Å². The Morgan fingerprint density at radius 1 is 1.09 bits per heavy atom. The topological polar surface area (TPSA) is 107 Å². The zero-order valence-corrected chi connectivity index (χ0v) is 23.5. The minimum atomic E-state index is -5.06. The molecule has 1 amide bonds. The second-order valence-electron chi connectivity index (χ2n) is 10.4. The lowest BCUT2D eigenvalue weighted by Crippen LogP contribution is -2.45. The van der Waals surface area contributed by atoms with Crippen LogP contribution in [0.3, 0.4) is 0 Å². The van der Waals surface area contributed by atoms with Gasteiger partial charge in [0.15, 0.2) is 5.13 Å². The molecule has 0 unspecified atom stereocenters. The highest BCUT2D eigenvalue weighted by atomic mass is 32.1. The molecule has 0 saturated carbocycles. The van der Waals surface area contributed by atoms with Crippen LogP contribution in [0, 0.1) is 0 Å². The van der Waals surface area contributed by atoms with E-state index in [1.807, 2.05) is 9.80 Å². The molecule has 15 heteroatoms. The third kappa shape index (κ3) is 6.67. The lowest BCUT2D eigenvalue weighted by molar-refractivity contribution is -0.143. The summed E-state index contributed by atoms with van der Waals surface area (Å²) in [5, 5.41) is 20.2. The monoisotopic (exact) mass is 624 g/mol. The van der Waals surface area contributed by atoms with Gasteiger partial charge in [-0.3, -0.25) is 9.69 Å². The van der Waals surface area contributed by atoms with Crippen molar-refractivity contribution in [3.05, 3.63) is 74.1 Å². The normalized spacial score (nSPS) is 16.6. The van der Waals surface area contributed by atoms with Crippen LogP contribution < -0.4 is 21.2 Å². The van der Waals surface area contributed by atoms with Crippen LogP contribution in [0.5, 0.6) is 5.88 Å². The van der Waals surface area contributed by atoms with Crippen LogP contribution in [0.15, 0.2) is 46.6 Å². The molecule has 0 bridgehead atoms. The highest BCUT2D eigenvalue weighted by Gasteiger charge is 2.38. The Morgan fingerprint density at radius 2 is 1.81 bits per heavy atom. The van der Waals surface area contributed by atoms with Gasteiger partial charge in [-0.2, -0.15) is 41.5 Å². The largest absolute Gasteiger partial charge is 0.492 e. The Morgan fingerprint density at radius 3 is 2.47 bits per heavy atom. The van der Waals surface area contributed by atoms with Gasteiger partial charge in [-0.05, 0) is 53.5 Å². The molecule has 1 aromatic heterocycles. The number of piperidine rings is 1. The van der Waals surface area contributed by atoms with Crippen LogP contribution >= 0.6 is 11.3 Å². The molecule has 0 radical (unpaired) electrons. The molecular weight excluding hydrogens is 598 g/mol. The smallest absolute Gasteiger partial charge is 0.416 e. The van der Waals surface area contributed by atoms with Crippen molar-refractivity contribution in [3.63, 3.8) is 0 Å². The summed E-state index contributed by atoms with van der Waals surface area (Å²) in [6.45, 7) is 1.39. The summed E-state index contributed by atoms with van der Waals surface area (Å²) in [5.74, 6) is -0.829. The van der Waals surface area contributed by atoms with Crippen molar-refractivity contribution in [1.29, 1.82) is 0 Å². The van der Waals surface area contributed by atoms with E-state index in [0.29, 0.717) is 53.3 Å². The lowest BCUT2D eigenvalue weighted by Gasteiger charge is -2.36. The molecule has 3 heterocycles. The van der Waals surface area contributed by atoms with E-state index in [0.717, 1.165) is 17.4 Å². The lowest BCUT2D eigenvalue weighted by atomic mass is 9.94. The van der Waals surface area contributed by atoms with Crippen LogP contribution in [0.25, 0.3) is 5.57 Å². The van der Waals surface area contributed by atoms with E-state index in [1.165, 1.54) is 6.21 Å². The first-order valence-corrected chi connectivity index (χ1v) is 14.0. The van der Waals surface area contributed by atoms with Crippen molar-refractivity contribution >= 4 is 34.2 Å². The third-order valence-electron chi connectivity index (χ3n) is 7.51. The Kier molecular flexibility index (Phi) is 8.22. The molecule has 1 fully saturated rings. The first kappa shape index (κ1) is 30.5. The van der Waals surface area contributed by atoms with Crippen LogP contribution in [0.2, 0.25) is 0 Å². The van der Waals surface area contributed by atoms with Crippen molar-refractivity contribution in [1.82, 2.24) is 9.88 Å². The van der Waals surface area contributed by atoms with Crippen molar-refractivity contribution in [2.24, 2.45) is 15.9 Å². The minimum absolute atomic E-state index is 0.00976. The standard InChI is InChI=1S/C28H26F6N6O2S/c1-39(19-6-8-40(9-7-19)14-23(35)41)26-37-25(42)24(43-26)20(15-3-5-22-17(10-15)13-36-38-22)11-16-2-4-18(27(29,30)31)12-21(16)28(32,33)34/h2-5,10,12-13,19,42H,6-9,11,14H2,1H3,(H2,35,41). The summed E-state index contributed by atoms with van der Waals surface area (Å²) >= 11 is 1.07. The molecule has 2 aliphatic rings. The number of carbonyl (C=O) groups excluding carboxylic acids is 1. The van der Waals surface area contributed by atoms with Gasteiger partial charge in [0, 0.05) is 38.2 Å². The number of aromatic hydroxyl groups is 1. The third-order valence-corrected chi connectivity index (χ3v) is 8.70. The predicted molar refractivity (Wildman–Crippen MR) is 148 cm³/mol. The van der Waals surface area contributed by atoms with Crippen molar-refractivity contribution in [3.8, 4) is 5.88 Å². The fourth-order valence-corrected chi connectivity index (χ4v) is 6.31. The summed E-state index contributed by atoms with van der Waals surface area (Å²) in [6, 6.07) is 6.45. The molecule has 0 atom stereocenters. The average Bonchev–Trinajstić information content (AvgIpc) is 3.56. The van der Waals surface area contributed by atoms with Crippen molar-refractivity contribution in [2.75, 3.05) is 31.6 Å². The van der Waals surface area contributed by atoms with Gasteiger partial charge < -0.3 is 15.7 Å².